The van der Waals surface area contributed by atoms with Crippen molar-refractivity contribution < 1.29 is 33.7 Å². The first-order chi connectivity index (χ1) is 16.7. The maximum Gasteiger partial charge on any atom is 0.261 e. The highest BCUT2D eigenvalue weighted by molar-refractivity contribution is 6.31. The van der Waals surface area contributed by atoms with Gasteiger partial charge in [0.05, 0.1) is 23.3 Å². The number of nitrogens with one attached hydrogen (secondary N) is 2. The van der Waals surface area contributed by atoms with Crippen LogP contribution in [0.4, 0.5) is 4.39 Å². The molecule has 4 rings (SSSR count). The second-order valence-electron chi connectivity index (χ2n) is 8.66. The number of fused-ring (bicyclic) bond motifs is 1. The first-order valence-corrected chi connectivity index (χ1v) is 11.9. The third kappa shape index (κ3) is 6.35. The summed E-state index contributed by atoms with van der Waals surface area (Å²) in [6.07, 6.45) is -1.35. The summed E-state index contributed by atoms with van der Waals surface area (Å²) in [5, 5.41) is 26.9. The largest absolute Gasteiger partial charge is 0.484 e. The van der Waals surface area contributed by atoms with Gasteiger partial charge in [-0.2, -0.15) is 0 Å². The molecule has 0 aromatic heterocycles. The third-order valence-electron chi connectivity index (χ3n) is 6.10. The average molecular weight is 527 g/mol. The van der Waals surface area contributed by atoms with Gasteiger partial charge < -0.3 is 30.3 Å². The summed E-state index contributed by atoms with van der Waals surface area (Å²) in [7, 11) is 0. The number of halogens is 3. The van der Waals surface area contributed by atoms with Crippen LogP contribution in [0, 0.1) is 5.82 Å². The molecule has 0 bridgehead atoms. The monoisotopic (exact) mass is 526 g/mol. The lowest BCUT2D eigenvalue weighted by molar-refractivity contribution is -0.132. The minimum Gasteiger partial charge on any atom is -0.484 e. The van der Waals surface area contributed by atoms with Gasteiger partial charge in [-0.1, -0.05) is 23.2 Å². The Morgan fingerprint density at radius 2 is 1.89 bits per heavy atom. The smallest absolute Gasteiger partial charge is 0.261 e. The molecule has 2 aromatic carbocycles. The van der Waals surface area contributed by atoms with Gasteiger partial charge in [-0.3, -0.25) is 9.59 Å². The van der Waals surface area contributed by atoms with Crippen molar-refractivity contribution in [1.29, 1.82) is 0 Å². The lowest BCUT2D eigenvalue weighted by Crippen LogP contribution is -2.54. The van der Waals surface area contributed by atoms with Crippen LogP contribution in [0.3, 0.4) is 0 Å². The Labute approximate surface area is 211 Å². The fourth-order valence-electron chi connectivity index (χ4n) is 4.28. The predicted molar refractivity (Wildman–Crippen MR) is 126 cm³/mol. The zero-order valence-electron chi connectivity index (χ0n) is 18.5. The molecular formula is C24H25Cl2FN2O6. The molecule has 35 heavy (non-hydrogen) atoms. The Balaban J connectivity index is 1.23. The Kier molecular flexibility index (Phi) is 8.01. The summed E-state index contributed by atoms with van der Waals surface area (Å²) in [6, 6.07) is 7.89. The van der Waals surface area contributed by atoms with E-state index in [1.807, 2.05) is 0 Å². The zero-order valence-corrected chi connectivity index (χ0v) is 20.1. The van der Waals surface area contributed by atoms with E-state index >= 15 is 0 Å². The van der Waals surface area contributed by atoms with E-state index < -0.39 is 36.1 Å². The topological polar surface area (TPSA) is 117 Å². The molecule has 11 heteroatoms. The number of aliphatic hydroxyl groups is 2. The minimum absolute atomic E-state index is 0.0465. The Morgan fingerprint density at radius 3 is 2.63 bits per heavy atom. The van der Waals surface area contributed by atoms with Crippen molar-refractivity contribution >= 4 is 35.0 Å². The SMILES string of the molecule is O=C(COc1ccc(Cl)c(F)c1)N[C@@H]1CC[C@H](NC(=O)[C@H]2C[C@@H](O)c3cc(Cl)ccc3O2)C[C@@H]1O. The quantitative estimate of drug-likeness (QED) is 0.459. The van der Waals surface area contributed by atoms with Crippen molar-refractivity contribution in [2.75, 3.05) is 6.61 Å². The van der Waals surface area contributed by atoms with Gasteiger partial charge in [0, 0.05) is 29.1 Å². The predicted octanol–water partition coefficient (Wildman–Crippen LogP) is 2.91. The van der Waals surface area contributed by atoms with E-state index in [0.29, 0.717) is 29.2 Å². The number of aliphatic hydroxyl groups excluding tert-OH is 2. The lowest BCUT2D eigenvalue weighted by Gasteiger charge is -2.35. The van der Waals surface area contributed by atoms with Crippen molar-refractivity contribution in [2.45, 2.75) is 56.1 Å². The van der Waals surface area contributed by atoms with Crippen molar-refractivity contribution in [3.05, 3.63) is 57.8 Å². The van der Waals surface area contributed by atoms with Gasteiger partial charge in [-0.15, -0.1) is 0 Å². The van der Waals surface area contributed by atoms with Crippen LogP contribution >= 0.6 is 23.2 Å². The van der Waals surface area contributed by atoms with Gasteiger partial charge in [-0.05, 0) is 49.6 Å². The first kappa shape index (κ1) is 25.5. The maximum absolute atomic E-state index is 13.5. The average Bonchev–Trinajstić information content (AvgIpc) is 2.82. The first-order valence-electron chi connectivity index (χ1n) is 11.2. The van der Waals surface area contributed by atoms with E-state index in [0.717, 1.165) is 6.07 Å². The van der Waals surface area contributed by atoms with E-state index in [1.54, 1.807) is 18.2 Å². The van der Waals surface area contributed by atoms with Crippen LogP contribution in [0.15, 0.2) is 36.4 Å². The molecule has 0 spiro atoms. The maximum atomic E-state index is 13.5. The number of hydrogen-bond acceptors (Lipinski definition) is 6. The highest BCUT2D eigenvalue weighted by Crippen LogP contribution is 2.36. The highest BCUT2D eigenvalue weighted by Gasteiger charge is 2.35. The van der Waals surface area contributed by atoms with E-state index in [1.165, 1.54) is 12.1 Å². The third-order valence-corrected chi connectivity index (χ3v) is 6.64. The molecule has 1 aliphatic carbocycles. The van der Waals surface area contributed by atoms with Gasteiger partial charge in [-0.25, -0.2) is 4.39 Å². The van der Waals surface area contributed by atoms with Crippen LogP contribution in [-0.4, -0.2) is 52.9 Å². The number of carbonyl (C=O) groups is 2. The Morgan fingerprint density at radius 1 is 1.09 bits per heavy atom. The van der Waals surface area contributed by atoms with E-state index in [2.05, 4.69) is 10.6 Å². The molecule has 2 amide bonds. The Bertz CT molecular complexity index is 1100. The fourth-order valence-corrected chi connectivity index (χ4v) is 4.58. The molecule has 1 fully saturated rings. The highest BCUT2D eigenvalue weighted by atomic mass is 35.5. The van der Waals surface area contributed by atoms with E-state index in [4.69, 9.17) is 32.7 Å². The van der Waals surface area contributed by atoms with E-state index in [9.17, 15) is 24.2 Å². The number of carbonyl (C=O) groups excluding carboxylic acids is 2. The zero-order chi connectivity index (χ0) is 25.1. The molecule has 0 unspecified atom stereocenters. The van der Waals surface area contributed by atoms with Gasteiger partial charge in [0.25, 0.3) is 11.8 Å². The molecule has 1 heterocycles. The molecule has 1 aliphatic heterocycles. The molecule has 2 aromatic rings. The van der Waals surface area contributed by atoms with Crippen LogP contribution in [0.25, 0.3) is 0 Å². The van der Waals surface area contributed by atoms with Gasteiger partial charge in [0.15, 0.2) is 12.7 Å². The number of amides is 2. The Hall–Kier alpha value is -2.59. The summed E-state index contributed by atoms with van der Waals surface area (Å²) in [6.45, 7) is -0.349. The number of hydrogen-bond donors (Lipinski definition) is 4. The van der Waals surface area contributed by atoms with Crippen molar-refractivity contribution in [1.82, 2.24) is 10.6 Å². The molecule has 1 saturated carbocycles. The summed E-state index contributed by atoms with van der Waals surface area (Å²) >= 11 is 11.6. The molecule has 2 aliphatic rings. The molecule has 0 saturated heterocycles. The van der Waals surface area contributed by atoms with Crippen LogP contribution < -0.4 is 20.1 Å². The normalized spacial score (nSPS) is 25.7. The van der Waals surface area contributed by atoms with Crippen LogP contribution in [0.5, 0.6) is 11.5 Å². The van der Waals surface area contributed by atoms with Crippen molar-refractivity contribution in [3.8, 4) is 11.5 Å². The summed E-state index contributed by atoms with van der Waals surface area (Å²) in [5.74, 6) is -0.927. The van der Waals surface area contributed by atoms with Crippen LogP contribution in [0.1, 0.15) is 37.4 Å². The summed E-state index contributed by atoms with van der Waals surface area (Å²) in [4.78, 5) is 25.0. The molecular weight excluding hydrogens is 502 g/mol. The van der Waals surface area contributed by atoms with E-state index in [-0.39, 0.29) is 42.2 Å². The molecule has 4 N–H and O–H groups in total. The van der Waals surface area contributed by atoms with Crippen LogP contribution in [-0.2, 0) is 9.59 Å². The lowest BCUT2D eigenvalue weighted by atomic mass is 9.88. The second-order valence-corrected chi connectivity index (χ2v) is 9.51. The van der Waals surface area contributed by atoms with Gasteiger partial charge >= 0.3 is 0 Å². The van der Waals surface area contributed by atoms with Gasteiger partial charge in [0.1, 0.15) is 17.3 Å². The number of rotatable bonds is 6. The summed E-state index contributed by atoms with van der Waals surface area (Å²) in [5.41, 5.74) is 0.540. The number of ether oxygens (including phenoxy) is 2. The van der Waals surface area contributed by atoms with Crippen molar-refractivity contribution in [3.63, 3.8) is 0 Å². The van der Waals surface area contributed by atoms with Crippen LogP contribution in [0.2, 0.25) is 10.0 Å². The standard InChI is InChI=1S/C24H25Cl2FN2O6/c25-12-1-6-21-15(7-12)19(30)10-22(35-21)24(33)28-13-2-5-18(20(31)8-13)29-23(32)11-34-14-3-4-16(26)17(27)9-14/h1,3-4,6-7,9,13,18-20,22,30-31H,2,5,8,10-11H2,(H,28,33)(H,29,32)/t13-,18+,19+,20-,22+/m0/s1. The minimum atomic E-state index is -0.883. The molecule has 8 nitrogen and oxygen atoms in total. The molecule has 0 radical (unpaired) electrons. The summed E-state index contributed by atoms with van der Waals surface area (Å²) < 4.78 is 24.5. The van der Waals surface area contributed by atoms with Crippen molar-refractivity contribution in [2.24, 2.45) is 0 Å². The number of benzene rings is 2. The second kappa shape index (κ2) is 11.0. The van der Waals surface area contributed by atoms with Gasteiger partial charge in [0.2, 0.25) is 0 Å². The molecule has 188 valence electrons. The fraction of sp³-hybridized carbons (Fsp3) is 0.417. The molecule has 5 atom stereocenters.